The number of benzene rings is 5. The van der Waals surface area contributed by atoms with Crippen molar-refractivity contribution in [2.45, 2.75) is 9.79 Å². The van der Waals surface area contributed by atoms with Gasteiger partial charge in [-0.05, 0) is 109 Å². The van der Waals surface area contributed by atoms with Gasteiger partial charge in [0.25, 0.3) is 11.6 Å². The molecule has 0 aliphatic carbocycles. The lowest BCUT2D eigenvalue weighted by Crippen LogP contribution is -2.46. The minimum atomic E-state index is -3.81. The van der Waals surface area contributed by atoms with Gasteiger partial charge in [-0.25, -0.2) is 17.8 Å². The van der Waals surface area contributed by atoms with Crippen LogP contribution in [-0.2, 0) is 10.0 Å². The molecule has 0 unspecified atom stereocenters. The zero-order valence-electron chi connectivity index (χ0n) is 29.8. The minimum Gasteiger partial charge on any atom is -0.368 e. The lowest BCUT2D eigenvalue weighted by molar-refractivity contribution is -0.384. The van der Waals surface area contributed by atoms with Crippen molar-refractivity contribution < 1.29 is 18.1 Å². The fraction of sp³-hybridized carbons (Fsp3) is 0.128. The first-order valence-corrected chi connectivity index (χ1v) is 21.2. The number of rotatable bonds is 13. The highest BCUT2D eigenvalue weighted by atomic mass is 35.5. The van der Waals surface area contributed by atoms with Crippen LogP contribution in [-0.4, -0.2) is 61.5 Å². The van der Waals surface area contributed by atoms with Crippen molar-refractivity contribution in [3.05, 3.63) is 148 Å². The summed E-state index contributed by atoms with van der Waals surface area (Å²) >= 11 is 8.75. The van der Waals surface area contributed by atoms with Crippen LogP contribution in [0.15, 0.2) is 137 Å². The van der Waals surface area contributed by atoms with Crippen LogP contribution in [0.1, 0.15) is 10.4 Å². The van der Waals surface area contributed by atoms with Crippen LogP contribution >= 0.6 is 35.5 Å². The first kappa shape index (κ1) is 38.6. The third-order valence-corrected chi connectivity index (χ3v) is 11.3. The summed E-state index contributed by atoms with van der Waals surface area (Å²) in [5, 5.41) is 16.8. The maximum absolute atomic E-state index is 13.1. The van der Waals surface area contributed by atoms with E-state index in [0.29, 0.717) is 32.6 Å². The standard InChI is InChI=1S/C39H35ClN8O5S3/c1-56(52,53)44-39(49)35-26-41-47(31-14-10-28(40)11-15-31)38(35)27-6-5-7-32(24-27)46-22-20-45(21-23-46)30-16-12-29(13-17-30)42-55-34-18-19-36(37(25-34)48(50)51)43-54-33-8-3-2-4-9-33/h2-19,24-26,42-43H,20-23H2,1H3,(H,44,49). The zero-order valence-corrected chi connectivity index (χ0v) is 33.0. The molecule has 1 fully saturated rings. The average Bonchev–Trinajstić information content (AvgIpc) is 3.65. The smallest absolute Gasteiger partial charge is 0.294 e. The van der Waals surface area contributed by atoms with Crippen molar-refractivity contribution in [3.63, 3.8) is 0 Å². The first-order chi connectivity index (χ1) is 27.0. The van der Waals surface area contributed by atoms with E-state index >= 15 is 0 Å². The second-order valence-electron chi connectivity index (χ2n) is 12.7. The minimum absolute atomic E-state index is 0.00671. The molecule has 0 spiro atoms. The molecule has 6 aromatic rings. The van der Waals surface area contributed by atoms with Crippen LogP contribution in [0.25, 0.3) is 16.9 Å². The van der Waals surface area contributed by atoms with E-state index in [9.17, 15) is 23.3 Å². The van der Waals surface area contributed by atoms with E-state index in [1.54, 1.807) is 41.1 Å². The number of carbonyl (C=O) groups is 1. The maximum Gasteiger partial charge on any atom is 0.294 e. The molecule has 3 N–H and O–H groups in total. The Hall–Kier alpha value is -5.68. The van der Waals surface area contributed by atoms with Gasteiger partial charge in [0.2, 0.25) is 10.0 Å². The highest BCUT2D eigenvalue weighted by Gasteiger charge is 2.24. The van der Waals surface area contributed by atoms with Gasteiger partial charge in [0.05, 0.1) is 34.3 Å². The Morgan fingerprint density at radius 1 is 0.768 bits per heavy atom. The highest BCUT2D eigenvalue weighted by molar-refractivity contribution is 8.01. The van der Waals surface area contributed by atoms with E-state index in [0.717, 1.165) is 54.4 Å². The van der Waals surface area contributed by atoms with E-state index in [1.165, 1.54) is 30.1 Å². The summed E-state index contributed by atoms with van der Waals surface area (Å²) < 4.78 is 33.9. The molecule has 286 valence electrons. The second-order valence-corrected chi connectivity index (χ2v) is 16.7. The van der Waals surface area contributed by atoms with Crippen molar-refractivity contribution in [3.8, 4) is 16.9 Å². The maximum atomic E-state index is 13.1. The molecule has 17 heteroatoms. The third kappa shape index (κ3) is 9.39. The van der Waals surface area contributed by atoms with Crippen LogP contribution in [0.2, 0.25) is 5.02 Å². The molecule has 2 heterocycles. The van der Waals surface area contributed by atoms with E-state index in [4.69, 9.17) is 11.6 Å². The summed E-state index contributed by atoms with van der Waals surface area (Å²) in [5.41, 5.74) is 5.23. The summed E-state index contributed by atoms with van der Waals surface area (Å²) in [6.45, 7) is 3.02. The second kappa shape index (κ2) is 17.0. The molecule has 5 aromatic carbocycles. The molecule has 56 heavy (non-hydrogen) atoms. The SMILES string of the molecule is CS(=O)(=O)NC(=O)c1cnn(-c2ccc(Cl)cc2)c1-c1cccc(N2CCN(c3ccc(NSc4ccc(NSc5ccccc5)c([N+](=O)[O-])c4)cc3)CC2)c1. The Morgan fingerprint density at radius 2 is 1.43 bits per heavy atom. The molecule has 1 saturated heterocycles. The Bertz CT molecular complexity index is 2460. The number of carbonyl (C=O) groups excluding carboxylic acids is 1. The summed E-state index contributed by atoms with van der Waals surface area (Å²) in [4.78, 5) is 30.8. The number of nitro benzene ring substituents is 1. The number of hydrogen-bond donors (Lipinski definition) is 3. The Labute approximate surface area is 337 Å². The number of piperazine rings is 1. The molecular weight excluding hydrogens is 792 g/mol. The predicted octanol–water partition coefficient (Wildman–Crippen LogP) is 8.36. The first-order valence-electron chi connectivity index (χ1n) is 17.3. The fourth-order valence-corrected chi connectivity index (χ4v) is 8.08. The molecule has 1 aliphatic heterocycles. The van der Waals surface area contributed by atoms with Gasteiger partial charge in [0, 0.05) is 69.7 Å². The number of halogens is 1. The van der Waals surface area contributed by atoms with Crippen LogP contribution in [0, 0.1) is 10.1 Å². The lowest BCUT2D eigenvalue weighted by atomic mass is 10.1. The van der Waals surface area contributed by atoms with Gasteiger partial charge < -0.3 is 19.2 Å². The van der Waals surface area contributed by atoms with Crippen LogP contribution in [0.4, 0.5) is 28.4 Å². The Balaban J connectivity index is 0.991. The largest absolute Gasteiger partial charge is 0.368 e. The van der Waals surface area contributed by atoms with Crippen molar-refractivity contribution in [2.75, 3.05) is 51.7 Å². The summed E-state index contributed by atoms with van der Waals surface area (Å²) in [7, 11) is -3.81. The number of hydrogen-bond acceptors (Lipinski definition) is 12. The van der Waals surface area contributed by atoms with Gasteiger partial charge >= 0.3 is 0 Å². The molecule has 7 rings (SSSR count). The Kier molecular flexibility index (Phi) is 11.7. The number of nitrogens with zero attached hydrogens (tertiary/aromatic N) is 5. The summed E-state index contributed by atoms with van der Waals surface area (Å²) in [6, 6.07) is 37.6. The van der Waals surface area contributed by atoms with Gasteiger partial charge in [0.15, 0.2) is 0 Å². The molecular formula is C39H35ClN8O5S3. The monoisotopic (exact) mass is 826 g/mol. The molecule has 0 radical (unpaired) electrons. The van der Waals surface area contributed by atoms with Gasteiger partial charge in [-0.1, -0.05) is 41.9 Å². The van der Waals surface area contributed by atoms with E-state index in [1.807, 2.05) is 72.8 Å². The fourth-order valence-electron chi connectivity index (χ4n) is 6.14. The van der Waals surface area contributed by atoms with Gasteiger partial charge in [0.1, 0.15) is 5.69 Å². The van der Waals surface area contributed by atoms with Crippen LogP contribution in [0.3, 0.4) is 0 Å². The van der Waals surface area contributed by atoms with E-state index in [-0.39, 0.29) is 16.2 Å². The van der Waals surface area contributed by atoms with Crippen molar-refractivity contribution >= 4 is 79.9 Å². The topological polar surface area (TPSA) is 155 Å². The molecule has 0 atom stereocenters. The number of amides is 1. The van der Waals surface area contributed by atoms with Crippen LogP contribution in [0.5, 0.6) is 0 Å². The molecule has 1 amide bonds. The van der Waals surface area contributed by atoms with Crippen LogP contribution < -0.4 is 24.0 Å². The number of nitrogens with one attached hydrogen (secondary N) is 3. The Morgan fingerprint density at radius 3 is 2.11 bits per heavy atom. The number of sulfonamides is 1. The predicted molar refractivity (Wildman–Crippen MR) is 226 cm³/mol. The van der Waals surface area contributed by atoms with Crippen molar-refractivity contribution in [2.24, 2.45) is 0 Å². The third-order valence-electron chi connectivity index (χ3n) is 8.83. The van der Waals surface area contributed by atoms with Gasteiger partial charge in [-0.15, -0.1) is 0 Å². The molecule has 1 aromatic heterocycles. The molecule has 0 bridgehead atoms. The number of nitro groups is 1. The van der Waals surface area contributed by atoms with Crippen molar-refractivity contribution in [1.29, 1.82) is 0 Å². The molecule has 0 saturated carbocycles. The normalized spacial score (nSPS) is 13.0. The zero-order chi connectivity index (χ0) is 39.2. The van der Waals surface area contributed by atoms with E-state index in [2.05, 4.69) is 41.2 Å². The molecule has 13 nitrogen and oxygen atoms in total. The van der Waals surface area contributed by atoms with Gasteiger partial charge in [-0.2, -0.15) is 5.10 Å². The number of anilines is 4. The van der Waals surface area contributed by atoms with Crippen molar-refractivity contribution in [1.82, 2.24) is 14.5 Å². The quantitative estimate of drug-likeness (QED) is 0.0582. The van der Waals surface area contributed by atoms with Gasteiger partial charge in [-0.3, -0.25) is 14.9 Å². The lowest BCUT2D eigenvalue weighted by Gasteiger charge is -2.37. The summed E-state index contributed by atoms with van der Waals surface area (Å²) in [5.74, 6) is -0.772. The summed E-state index contributed by atoms with van der Waals surface area (Å²) in [6.07, 6.45) is 2.30. The average molecular weight is 827 g/mol. The number of aromatic nitrogens is 2. The highest BCUT2D eigenvalue weighted by Crippen LogP contribution is 2.35. The molecule has 1 aliphatic rings. The van der Waals surface area contributed by atoms with E-state index < -0.39 is 15.9 Å².